The SMILES string of the molecule is COc1cc(CCl)ccc1Cn1ncc2nc(NC(=O)O)nc(NCc3noc(C4CC4)n3)c21. The third kappa shape index (κ3) is 4.57. The zero-order valence-electron chi connectivity index (χ0n) is 18.2. The Labute approximate surface area is 198 Å². The lowest BCUT2D eigenvalue weighted by molar-refractivity contribution is 0.209. The Hall–Kier alpha value is -3.93. The van der Waals surface area contributed by atoms with Gasteiger partial charge < -0.3 is 19.7 Å². The maximum Gasteiger partial charge on any atom is 0.411 e. The largest absolute Gasteiger partial charge is 0.496 e. The van der Waals surface area contributed by atoms with E-state index in [1.165, 1.54) is 0 Å². The lowest BCUT2D eigenvalue weighted by Gasteiger charge is -2.13. The first-order chi connectivity index (χ1) is 16.5. The van der Waals surface area contributed by atoms with Gasteiger partial charge in [-0.05, 0) is 24.5 Å². The van der Waals surface area contributed by atoms with Crippen LogP contribution in [0.4, 0.5) is 16.6 Å². The highest BCUT2D eigenvalue weighted by atomic mass is 35.5. The molecule has 1 aromatic carbocycles. The monoisotopic (exact) mass is 484 g/mol. The summed E-state index contributed by atoms with van der Waals surface area (Å²) < 4.78 is 12.5. The molecule has 12 nitrogen and oxygen atoms in total. The molecule has 0 atom stereocenters. The summed E-state index contributed by atoms with van der Waals surface area (Å²) in [5, 5.41) is 22.9. The number of carboxylic acid groups (broad SMARTS) is 1. The Morgan fingerprint density at radius 3 is 2.91 bits per heavy atom. The highest BCUT2D eigenvalue weighted by molar-refractivity contribution is 6.17. The molecular formula is C21H21ClN8O4. The zero-order chi connectivity index (χ0) is 23.7. The van der Waals surface area contributed by atoms with Gasteiger partial charge in [-0.2, -0.15) is 15.1 Å². The average Bonchev–Trinajstić information content (AvgIpc) is 3.44. The molecule has 0 spiro atoms. The summed E-state index contributed by atoms with van der Waals surface area (Å²) in [6.07, 6.45) is 2.39. The molecule has 3 heterocycles. The number of nitrogens with one attached hydrogen (secondary N) is 2. The van der Waals surface area contributed by atoms with Gasteiger partial charge in [0.05, 0.1) is 26.4 Å². The number of aromatic nitrogens is 6. The van der Waals surface area contributed by atoms with Crippen LogP contribution in [0.3, 0.4) is 0 Å². The molecule has 176 valence electrons. The summed E-state index contributed by atoms with van der Waals surface area (Å²) in [5.41, 5.74) is 2.87. The van der Waals surface area contributed by atoms with E-state index in [2.05, 4.69) is 35.8 Å². The second-order valence-electron chi connectivity index (χ2n) is 7.82. The lowest BCUT2D eigenvalue weighted by Crippen LogP contribution is -2.13. The van der Waals surface area contributed by atoms with Gasteiger partial charge >= 0.3 is 6.09 Å². The predicted octanol–water partition coefficient (Wildman–Crippen LogP) is 3.58. The number of halogens is 1. The highest BCUT2D eigenvalue weighted by Crippen LogP contribution is 2.38. The molecule has 34 heavy (non-hydrogen) atoms. The predicted molar refractivity (Wildman–Crippen MR) is 122 cm³/mol. The summed E-state index contributed by atoms with van der Waals surface area (Å²) >= 11 is 5.95. The molecular weight excluding hydrogens is 464 g/mol. The van der Waals surface area contributed by atoms with Crippen molar-refractivity contribution < 1.29 is 19.2 Å². The van der Waals surface area contributed by atoms with Crippen LogP contribution in [0.1, 0.15) is 41.6 Å². The molecule has 0 saturated heterocycles. The number of amides is 1. The standard InChI is InChI=1S/C21H21ClN8O4/c1-33-15-6-11(7-22)2-3-13(15)10-30-17-14(8-24-30)25-20(28-21(31)32)27-18(17)23-9-16-26-19(34-29-16)12-4-5-12/h2-3,6,8,12H,4-5,7,9-10H2,1H3,(H,31,32)(H2,23,25,27,28). The van der Waals surface area contributed by atoms with E-state index in [4.69, 9.17) is 26.0 Å². The molecule has 0 radical (unpaired) electrons. The van der Waals surface area contributed by atoms with Crippen molar-refractivity contribution in [1.82, 2.24) is 29.9 Å². The van der Waals surface area contributed by atoms with Crippen LogP contribution in [-0.4, -0.2) is 48.2 Å². The molecule has 0 bridgehead atoms. The Balaban J connectivity index is 1.48. The van der Waals surface area contributed by atoms with Gasteiger partial charge in [-0.25, -0.2) is 9.78 Å². The molecule has 0 aliphatic heterocycles. The van der Waals surface area contributed by atoms with Crippen LogP contribution >= 0.6 is 11.6 Å². The summed E-state index contributed by atoms with van der Waals surface area (Å²) in [5.74, 6) is 2.82. The second kappa shape index (κ2) is 9.14. The minimum atomic E-state index is -1.27. The van der Waals surface area contributed by atoms with E-state index >= 15 is 0 Å². The third-order valence-electron chi connectivity index (χ3n) is 5.36. The zero-order valence-corrected chi connectivity index (χ0v) is 18.9. The molecule has 5 rings (SSSR count). The normalized spacial score (nSPS) is 13.2. The van der Waals surface area contributed by atoms with Gasteiger partial charge in [-0.15, -0.1) is 11.6 Å². The molecule has 1 aliphatic rings. The topological polar surface area (TPSA) is 153 Å². The minimum Gasteiger partial charge on any atom is -0.496 e. The van der Waals surface area contributed by atoms with Crippen LogP contribution in [-0.2, 0) is 19.0 Å². The van der Waals surface area contributed by atoms with Crippen molar-refractivity contribution in [2.75, 3.05) is 17.7 Å². The van der Waals surface area contributed by atoms with Crippen LogP contribution in [0.15, 0.2) is 28.9 Å². The van der Waals surface area contributed by atoms with Crippen molar-refractivity contribution in [2.24, 2.45) is 0 Å². The number of nitrogens with zero attached hydrogens (tertiary/aromatic N) is 6. The molecule has 4 aromatic rings. The van der Waals surface area contributed by atoms with Crippen LogP contribution in [0, 0.1) is 0 Å². The highest BCUT2D eigenvalue weighted by Gasteiger charge is 2.29. The number of methoxy groups -OCH3 is 1. The minimum absolute atomic E-state index is 0.0714. The molecule has 1 amide bonds. The number of alkyl halides is 1. The van der Waals surface area contributed by atoms with E-state index < -0.39 is 6.09 Å². The Morgan fingerprint density at radius 1 is 1.32 bits per heavy atom. The van der Waals surface area contributed by atoms with E-state index in [1.54, 1.807) is 18.0 Å². The molecule has 3 aromatic heterocycles. The van der Waals surface area contributed by atoms with Gasteiger partial charge in [0.25, 0.3) is 0 Å². The number of ether oxygens (including phenoxy) is 1. The summed E-state index contributed by atoms with van der Waals surface area (Å²) in [4.78, 5) is 24.2. The van der Waals surface area contributed by atoms with Crippen molar-refractivity contribution in [3.05, 3.63) is 47.2 Å². The van der Waals surface area contributed by atoms with Crippen LogP contribution in [0.2, 0.25) is 0 Å². The lowest BCUT2D eigenvalue weighted by atomic mass is 10.1. The van der Waals surface area contributed by atoms with Crippen molar-refractivity contribution in [3.63, 3.8) is 0 Å². The van der Waals surface area contributed by atoms with E-state index in [-0.39, 0.29) is 12.5 Å². The molecule has 3 N–H and O–H groups in total. The summed E-state index contributed by atoms with van der Waals surface area (Å²) in [6.45, 7) is 0.598. The number of benzene rings is 1. The average molecular weight is 485 g/mol. The van der Waals surface area contributed by atoms with Gasteiger partial charge in [-0.3, -0.25) is 10.00 Å². The molecule has 1 fully saturated rings. The van der Waals surface area contributed by atoms with Gasteiger partial charge in [0.1, 0.15) is 16.8 Å². The number of hydrogen-bond donors (Lipinski definition) is 3. The molecule has 13 heteroatoms. The van der Waals surface area contributed by atoms with Gasteiger partial charge in [0.15, 0.2) is 11.6 Å². The first-order valence-corrected chi connectivity index (χ1v) is 11.1. The fourth-order valence-electron chi connectivity index (χ4n) is 3.56. The van der Waals surface area contributed by atoms with Gasteiger partial charge in [0, 0.05) is 17.4 Å². The van der Waals surface area contributed by atoms with Crippen LogP contribution in [0.5, 0.6) is 5.75 Å². The third-order valence-corrected chi connectivity index (χ3v) is 5.67. The molecule has 1 saturated carbocycles. The second-order valence-corrected chi connectivity index (χ2v) is 8.09. The fourth-order valence-corrected chi connectivity index (χ4v) is 3.72. The Morgan fingerprint density at radius 2 is 2.18 bits per heavy atom. The van der Waals surface area contributed by atoms with Crippen molar-refractivity contribution in [1.29, 1.82) is 0 Å². The smallest absolute Gasteiger partial charge is 0.411 e. The quantitative estimate of drug-likeness (QED) is 0.300. The number of carbonyl (C=O) groups is 1. The van der Waals surface area contributed by atoms with Crippen LogP contribution in [0.25, 0.3) is 11.0 Å². The van der Waals surface area contributed by atoms with E-state index in [1.807, 2.05) is 18.2 Å². The number of hydrogen-bond acceptors (Lipinski definition) is 9. The Bertz CT molecular complexity index is 1350. The summed E-state index contributed by atoms with van der Waals surface area (Å²) in [7, 11) is 1.60. The van der Waals surface area contributed by atoms with E-state index in [0.717, 1.165) is 24.0 Å². The number of anilines is 2. The molecule has 0 unspecified atom stereocenters. The van der Waals surface area contributed by atoms with Gasteiger partial charge in [0.2, 0.25) is 11.8 Å². The number of fused-ring (bicyclic) bond motifs is 1. The van der Waals surface area contributed by atoms with E-state index in [0.29, 0.717) is 52.7 Å². The van der Waals surface area contributed by atoms with E-state index in [9.17, 15) is 4.79 Å². The van der Waals surface area contributed by atoms with Crippen molar-refractivity contribution in [3.8, 4) is 5.75 Å². The maximum atomic E-state index is 11.1. The summed E-state index contributed by atoms with van der Waals surface area (Å²) in [6, 6.07) is 5.73. The number of rotatable bonds is 9. The van der Waals surface area contributed by atoms with Gasteiger partial charge in [-0.1, -0.05) is 17.3 Å². The fraction of sp³-hybridized carbons (Fsp3) is 0.333. The molecule has 1 aliphatic carbocycles. The van der Waals surface area contributed by atoms with Crippen LogP contribution < -0.4 is 15.4 Å². The van der Waals surface area contributed by atoms with Crippen molar-refractivity contribution in [2.45, 2.75) is 37.7 Å². The first-order valence-electron chi connectivity index (χ1n) is 10.6. The Kier molecular flexibility index (Phi) is 5.88. The van der Waals surface area contributed by atoms with Crippen molar-refractivity contribution >= 4 is 40.5 Å². The first kappa shape index (κ1) is 21.9. The maximum absolute atomic E-state index is 11.1.